The van der Waals surface area contributed by atoms with Gasteiger partial charge in [0.2, 0.25) is 0 Å². The molecule has 29 heavy (non-hydrogen) atoms. The maximum Gasteiger partial charge on any atom is 0.323 e. The number of benzene rings is 1. The summed E-state index contributed by atoms with van der Waals surface area (Å²) in [4.78, 5) is 13.0. The van der Waals surface area contributed by atoms with Crippen molar-refractivity contribution in [2.24, 2.45) is 0 Å². The van der Waals surface area contributed by atoms with E-state index in [1.807, 2.05) is 12.1 Å². The first-order valence-corrected chi connectivity index (χ1v) is 10.1. The number of carboxylic acids is 1. The van der Waals surface area contributed by atoms with E-state index in [0.29, 0.717) is 5.75 Å². The number of hydrogen-bond donors (Lipinski definition) is 2. The summed E-state index contributed by atoms with van der Waals surface area (Å²) in [7, 11) is 0. The van der Waals surface area contributed by atoms with Gasteiger partial charge in [-0.2, -0.15) is 5.10 Å². The van der Waals surface area contributed by atoms with Gasteiger partial charge in [-0.3, -0.25) is 9.89 Å². The standard InChI is InChI=1S/C20H20BrFN4O3/c21-16-2-1-14(22)9-18(16)29-15-4-7-26(8-5-15)19-10-17(23-24-19)13-3-6-25(11-13)12-20(27)28/h1-3,6,9-11,15H,4-5,7-8,12H2,(H,23,24)(H,27,28). The van der Waals surface area contributed by atoms with Crippen LogP contribution in [0.15, 0.2) is 47.2 Å². The van der Waals surface area contributed by atoms with Gasteiger partial charge in [-0.1, -0.05) is 0 Å². The van der Waals surface area contributed by atoms with Crippen LogP contribution in [0.3, 0.4) is 0 Å². The van der Waals surface area contributed by atoms with Gasteiger partial charge in [0, 0.05) is 56.0 Å². The summed E-state index contributed by atoms with van der Waals surface area (Å²) in [5.41, 5.74) is 1.73. The summed E-state index contributed by atoms with van der Waals surface area (Å²) >= 11 is 3.40. The molecule has 0 saturated carbocycles. The minimum atomic E-state index is -0.882. The van der Waals surface area contributed by atoms with Gasteiger partial charge in [-0.05, 0) is 34.1 Å². The summed E-state index contributed by atoms with van der Waals surface area (Å²) in [6.07, 6.45) is 5.15. The number of carboxylic acid groups (broad SMARTS) is 1. The first-order chi connectivity index (χ1) is 14.0. The first kappa shape index (κ1) is 19.5. The predicted octanol–water partition coefficient (Wildman–Crippen LogP) is 3.91. The van der Waals surface area contributed by atoms with Gasteiger partial charge < -0.3 is 19.3 Å². The molecule has 1 aliphatic rings. The van der Waals surface area contributed by atoms with Crippen LogP contribution in [0.4, 0.5) is 10.2 Å². The van der Waals surface area contributed by atoms with Gasteiger partial charge >= 0.3 is 5.97 Å². The summed E-state index contributed by atoms with van der Waals surface area (Å²) in [5, 5.41) is 16.3. The van der Waals surface area contributed by atoms with Gasteiger partial charge in [-0.25, -0.2) is 4.39 Å². The lowest BCUT2D eigenvalue weighted by atomic mass is 10.1. The zero-order valence-electron chi connectivity index (χ0n) is 15.5. The van der Waals surface area contributed by atoms with Crippen molar-refractivity contribution in [1.29, 1.82) is 0 Å². The highest BCUT2D eigenvalue weighted by atomic mass is 79.9. The summed E-state index contributed by atoms with van der Waals surface area (Å²) in [5.74, 6) is 0.169. The van der Waals surface area contributed by atoms with Crippen molar-refractivity contribution in [3.8, 4) is 17.0 Å². The van der Waals surface area contributed by atoms with Crippen LogP contribution in [-0.2, 0) is 11.3 Å². The number of aromatic amines is 1. The lowest BCUT2D eigenvalue weighted by Crippen LogP contribution is -2.38. The number of carbonyl (C=O) groups is 1. The van der Waals surface area contributed by atoms with Crippen molar-refractivity contribution < 1.29 is 19.0 Å². The maximum absolute atomic E-state index is 13.4. The van der Waals surface area contributed by atoms with E-state index in [1.165, 1.54) is 12.1 Å². The fourth-order valence-corrected chi connectivity index (χ4v) is 3.77. The third kappa shape index (κ3) is 4.61. The van der Waals surface area contributed by atoms with E-state index in [1.54, 1.807) is 23.0 Å². The molecule has 1 saturated heterocycles. The van der Waals surface area contributed by atoms with Crippen LogP contribution < -0.4 is 9.64 Å². The lowest BCUT2D eigenvalue weighted by Gasteiger charge is -2.32. The number of nitrogens with zero attached hydrogens (tertiary/aromatic N) is 3. The number of piperidine rings is 1. The zero-order chi connectivity index (χ0) is 20.4. The largest absolute Gasteiger partial charge is 0.489 e. The van der Waals surface area contributed by atoms with E-state index in [4.69, 9.17) is 9.84 Å². The SMILES string of the molecule is O=C(O)Cn1ccc(-c2cc(N3CCC(Oc4cc(F)ccc4Br)CC3)n[nH]2)c1. The van der Waals surface area contributed by atoms with Crippen LogP contribution in [0.5, 0.6) is 5.75 Å². The molecule has 1 aromatic carbocycles. The van der Waals surface area contributed by atoms with E-state index in [9.17, 15) is 9.18 Å². The highest BCUT2D eigenvalue weighted by Crippen LogP contribution is 2.30. The number of nitrogens with one attached hydrogen (secondary N) is 1. The van der Waals surface area contributed by atoms with Gasteiger partial charge in [-0.15, -0.1) is 0 Å². The lowest BCUT2D eigenvalue weighted by molar-refractivity contribution is -0.137. The number of halogens is 2. The predicted molar refractivity (Wildman–Crippen MR) is 110 cm³/mol. The Bertz CT molecular complexity index is 1010. The molecule has 4 rings (SSSR count). The number of ether oxygens (including phenoxy) is 1. The Morgan fingerprint density at radius 1 is 1.31 bits per heavy atom. The molecule has 2 N–H and O–H groups in total. The molecule has 0 radical (unpaired) electrons. The molecule has 0 atom stereocenters. The molecule has 0 bridgehead atoms. The second-order valence-electron chi connectivity index (χ2n) is 6.99. The highest BCUT2D eigenvalue weighted by molar-refractivity contribution is 9.10. The fraction of sp³-hybridized carbons (Fsp3) is 0.300. The Hall–Kier alpha value is -2.81. The second-order valence-corrected chi connectivity index (χ2v) is 7.84. The summed E-state index contributed by atoms with van der Waals surface area (Å²) in [6.45, 7) is 1.49. The van der Waals surface area contributed by atoms with Crippen molar-refractivity contribution in [2.45, 2.75) is 25.5 Å². The summed E-state index contributed by atoms with van der Waals surface area (Å²) < 4.78 is 21.8. The minimum absolute atomic E-state index is 0.0211. The minimum Gasteiger partial charge on any atom is -0.489 e. The number of anilines is 1. The van der Waals surface area contributed by atoms with Gasteiger partial charge in [0.05, 0.1) is 10.2 Å². The maximum atomic E-state index is 13.4. The molecule has 9 heteroatoms. The molecule has 0 aliphatic carbocycles. The third-order valence-corrected chi connectivity index (χ3v) is 5.55. The van der Waals surface area contributed by atoms with Crippen molar-refractivity contribution in [3.05, 3.63) is 53.0 Å². The molecule has 3 heterocycles. The molecule has 1 aliphatic heterocycles. The van der Waals surface area contributed by atoms with Crippen LogP contribution >= 0.6 is 15.9 Å². The second kappa shape index (κ2) is 8.28. The van der Waals surface area contributed by atoms with E-state index >= 15 is 0 Å². The molecule has 0 spiro atoms. The molecule has 1 fully saturated rings. The third-order valence-electron chi connectivity index (χ3n) is 4.90. The van der Waals surface area contributed by atoms with E-state index in [0.717, 1.165) is 47.5 Å². The molecule has 0 unspecified atom stereocenters. The molecule has 3 aromatic rings. The van der Waals surface area contributed by atoms with Crippen molar-refractivity contribution in [3.63, 3.8) is 0 Å². The van der Waals surface area contributed by atoms with Crippen LogP contribution in [0.25, 0.3) is 11.3 Å². The van der Waals surface area contributed by atoms with Crippen LogP contribution in [0.1, 0.15) is 12.8 Å². The van der Waals surface area contributed by atoms with Crippen molar-refractivity contribution in [2.75, 3.05) is 18.0 Å². The van der Waals surface area contributed by atoms with Crippen LogP contribution in [-0.4, -0.2) is 45.0 Å². The highest BCUT2D eigenvalue weighted by Gasteiger charge is 2.23. The Morgan fingerprint density at radius 2 is 2.10 bits per heavy atom. The van der Waals surface area contributed by atoms with Crippen LogP contribution in [0, 0.1) is 5.82 Å². The average Bonchev–Trinajstić information content (AvgIpc) is 3.34. The van der Waals surface area contributed by atoms with Crippen molar-refractivity contribution >= 4 is 27.7 Å². The van der Waals surface area contributed by atoms with E-state index < -0.39 is 5.97 Å². The molecular weight excluding hydrogens is 443 g/mol. The van der Waals surface area contributed by atoms with Gasteiger partial charge in [0.25, 0.3) is 0 Å². The van der Waals surface area contributed by atoms with Gasteiger partial charge in [0.1, 0.15) is 24.2 Å². The monoisotopic (exact) mass is 462 g/mol. The Labute approximate surface area is 175 Å². The fourth-order valence-electron chi connectivity index (χ4n) is 3.43. The summed E-state index contributed by atoms with van der Waals surface area (Å²) in [6, 6.07) is 8.26. The Balaban J connectivity index is 1.36. The van der Waals surface area contributed by atoms with E-state index in [2.05, 4.69) is 31.0 Å². The number of hydrogen-bond acceptors (Lipinski definition) is 4. The normalized spacial score (nSPS) is 14.9. The molecule has 7 nitrogen and oxygen atoms in total. The van der Waals surface area contributed by atoms with Gasteiger partial charge in [0.15, 0.2) is 5.82 Å². The number of aliphatic carboxylic acids is 1. The quantitative estimate of drug-likeness (QED) is 0.579. The molecule has 2 aromatic heterocycles. The molecular formula is C20H20BrFN4O3. The average molecular weight is 463 g/mol. The van der Waals surface area contributed by atoms with Crippen LogP contribution in [0.2, 0.25) is 0 Å². The zero-order valence-corrected chi connectivity index (χ0v) is 17.1. The Morgan fingerprint density at radius 3 is 2.86 bits per heavy atom. The van der Waals surface area contributed by atoms with E-state index in [-0.39, 0.29) is 18.5 Å². The van der Waals surface area contributed by atoms with Crippen molar-refractivity contribution in [1.82, 2.24) is 14.8 Å². The Kier molecular flexibility index (Phi) is 5.57. The number of H-pyrrole nitrogens is 1. The number of rotatable bonds is 6. The topological polar surface area (TPSA) is 83.4 Å². The smallest absolute Gasteiger partial charge is 0.323 e. The molecule has 0 amide bonds. The first-order valence-electron chi connectivity index (χ1n) is 9.28. The molecule has 152 valence electrons. The number of aromatic nitrogens is 3.